The van der Waals surface area contributed by atoms with E-state index < -0.39 is 5.41 Å². The third kappa shape index (κ3) is 4.59. The van der Waals surface area contributed by atoms with E-state index in [9.17, 15) is 9.59 Å². The van der Waals surface area contributed by atoms with Crippen LogP contribution in [0.1, 0.15) is 29.8 Å². The Morgan fingerprint density at radius 1 is 0.917 bits per heavy atom. The molecule has 0 saturated carbocycles. The van der Waals surface area contributed by atoms with E-state index in [0.29, 0.717) is 23.7 Å². The molecule has 126 valence electrons. The van der Waals surface area contributed by atoms with Gasteiger partial charge in [0.2, 0.25) is 5.91 Å². The number of carbonyl (C=O) groups is 2. The van der Waals surface area contributed by atoms with Gasteiger partial charge in [-0.3, -0.25) is 9.59 Å². The van der Waals surface area contributed by atoms with Crippen molar-refractivity contribution in [3.05, 3.63) is 70.7 Å². The number of carbonyl (C=O) groups excluding carboxylic acids is 2. The molecule has 2 aromatic rings. The van der Waals surface area contributed by atoms with E-state index in [1.807, 2.05) is 44.2 Å². The van der Waals surface area contributed by atoms with Crippen molar-refractivity contribution in [1.82, 2.24) is 10.6 Å². The van der Waals surface area contributed by atoms with Gasteiger partial charge in [-0.15, -0.1) is 0 Å². The van der Waals surface area contributed by atoms with Crippen molar-refractivity contribution in [2.24, 2.45) is 0 Å². The number of amides is 2. The van der Waals surface area contributed by atoms with E-state index in [0.717, 1.165) is 5.56 Å². The van der Waals surface area contributed by atoms with Gasteiger partial charge in [-0.05, 0) is 43.7 Å². The molecule has 0 heterocycles. The van der Waals surface area contributed by atoms with Crippen molar-refractivity contribution < 1.29 is 9.59 Å². The van der Waals surface area contributed by atoms with Crippen LogP contribution in [-0.2, 0) is 10.2 Å². The van der Waals surface area contributed by atoms with E-state index >= 15 is 0 Å². The molecule has 0 aromatic heterocycles. The number of hydrogen-bond acceptors (Lipinski definition) is 2. The molecule has 0 radical (unpaired) electrons. The van der Waals surface area contributed by atoms with Crippen LogP contribution in [-0.4, -0.2) is 24.9 Å². The zero-order valence-corrected chi connectivity index (χ0v) is 14.6. The predicted octanol–water partition coefficient (Wildman–Crippen LogP) is 3.16. The molecule has 2 N–H and O–H groups in total. The summed E-state index contributed by atoms with van der Waals surface area (Å²) in [4.78, 5) is 24.3. The molecular formula is C19H21ClN2O2. The molecule has 2 aromatic carbocycles. The highest BCUT2D eigenvalue weighted by atomic mass is 35.5. The summed E-state index contributed by atoms with van der Waals surface area (Å²) in [6, 6.07) is 16.3. The van der Waals surface area contributed by atoms with Gasteiger partial charge in [-0.2, -0.15) is 0 Å². The molecule has 0 aliphatic carbocycles. The minimum Gasteiger partial charge on any atom is -0.354 e. The van der Waals surface area contributed by atoms with Crippen LogP contribution in [0.25, 0.3) is 0 Å². The number of nitrogens with one attached hydrogen (secondary N) is 2. The maximum absolute atomic E-state index is 12.4. The topological polar surface area (TPSA) is 58.2 Å². The summed E-state index contributed by atoms with van der Waals surface area (Å²) in [5.74, 6) is -0.266. The van der Waals surface area contributed by atoms with Crippen molar-refractivity contribution in [3.63, 3.8) is 0 Å². The van der Waals surface area contributed by atoms with Crippen molar-refractivity contribution in [3.8, 4) is 0 Å². The first-order valence-electron chi connectivity index (χ1n) is 7.79. The van der Waals surface area contributed by atoms with Gasteiger partial charge < -0.3 is 10.6 Å². The lowest BCUT2D eigenvalue weighted by Crippen LogP contribution is -2.43. The second-order valence-corrected chi connectivity index (χ2v) is 6.45. The SMILES string of the molecule is CC(C)(C(=O)NCCNC(=O)c1ccc(Cl)cc1)c1ccccc1. The van der Waals surface area contributed by atoms with Gasteiger partial charge in [0.15, 0.2) is 0 Å². The molecular weight excluding hydrogens is 324 g/mol. The molecule has 0 spiro atoms. The highest BCUT2D eigenvalue weighted by molar-refractivity contribution is 6.30. The quantitative estimate of drug-likeness (QED) is 0.791. The summed E-state index contributed by atoms with van der Waals surface area (Å²) in [6.07, 6.45) is 0. The van der Waals surface area contributed by atoms with Crippen LogP contribution in [0.3, 0.4) is 0 Å². The molecule has 0 unspecified atom stereocenters. The largest absolute Gasteiger partial charge is 0.354 e. The van der Waals surface area contributed by atoms with Crippen LogP contribution in [0.4, 0.5) is 0 Å². The minimum atomic E-state index is -0.624. The molecule has 2 amide bonds. The van der Waals surface area contributed by atoms with E-state index in [4.69, 9.17) is 11.6 Å². The average molecular weight is 345 g/mol. The highest BCUT2D eigenvalue weighted by Gasteiger charge is 2.29. The van der Waals surface area contributed by atoms with Crippen LogP contribution >= 0.6 is 11.6 Å². The second-order valence-electron chi connectivity index (χ2n) is 6.01. The molecule has 0 saturated heterocycles. The molecule has 2 rings (SSSR count). The van der Waals surface area contributed by atoms with Crippen molar-refractivity contribution in [2.45, 2.75) is 19.3 Å². The molecule has 24 heavy (non-hydrogen) atoms. The third-order valence-corrected chi connectivity index (χ3v) is 4.12. The monoisotopic (exact) mass is 344 g/mol. The Hall–Kier alpha value is -2.33. The maximum atomic E-state index is 12.4. The van der Waals surface area contributed by atoms with Crippen LogP contribution in [0.2, 0.25) is 5.02 Å². The Balaban J connectivity index is 1.80. The highest BCUT2D eigenvalue weighted by Crippen LogP contribution is 2.22. The number of rotatable bonds is 6. The fraction of sp³-hybridized carbons (Fsp3) is 0.263. The fourth-order valence-electron chi connectivity index (χ4n) is 2.26. The first kappa shape index (κ1) is 18.0. The fourth-order valence-corrected chi connectivity index (χ4v) is 2.39. The normalized spacial score (nSPS) is 11.0. The summed E-state index contributed by atoms with van der Waals surface area (Å²) >= 11 is 5.79. The Labute approximate surface area is 147 Å². The van der Waals surface area contributed by atoms with Gasteiger partial charge in [0.1, 0.15) is 0 Å². The second kappa shape index (κ2) is 7.97. The first-order chi connectivity index (χ1) is 11.4. The van der Waals surface area contributed by atoms with Crippen molar-refractivity contribution in [2.75, 3.05) is 13.1 Å². The molecule has 0 aliphatic rings. The molecule has 0 bridgehead atoms. The zero-order chi connectivity index (χ0) is 17.6. The third-order valence-electron chi connectivity index (χ3n) is 3.87. The lowest BCUT2D eigenvalue weighted by molar-refractivity contribution is -0.125. The molecule has 0 fully saturated rings. The standard InChI is InChI=1S/C19H21ClN2O2/c1-19(2,15-6-4-3-5-7-15)18(24)22-13-12-21-17(23)14-8-10-16(20)11-9-14/h3-11H,12-13H2,1-2H3,(H,21,23)(H,22,24). The summed E-state index contributed by atoms with van der Waals surface area (Å²) < 4.78 is 0. The van der Waals surface area contributed by atoms with Gasteiger partial charge in [0.25, 0.3) is 5.91 Å². The summed E-state index contributed by atoms with van der Waals surface area (Å²) in [5.41, 5.74) is 0.865. The van der Waals surface area contributed by atoms with Crippen molar-refractivity contribution >= 4 is 23.4 Å². The number of hydrogen-bond donors (Lipinski definition) is 2. The molecule has 4 nitrogen and oxygen atoms in total. The van der Waals surface area contributed by atoms with Gasteiger partial charge in [-0.1, -0.05) is 41.9 Å². The smallest absolute Gasteiger partial charge is 0.251 e. The van der Waals surface area contributed by atoms with Gasteiger partial charge in [0, 0.05) is 23.7 Å². The summed E-state index contributed by atoms with van der Waals surface area (Å²) in [7, 11) is 0. The molecule has 0 atom stereocenters. The zero-order valence-electron chi connectivity index (χ0n) is 13.8. The van der Waals surface area contributed by atoms with E-state index in [-0.39, 0.29) is 11.8 Å². The lowest BCUT2D eigenvalue weighted by atomic mass is 9.84. The van der Waals surface area contributed by atoms with E-state index in [2.05, 4.69) is 10.6 Å². The van der Waals surface area contributed by atoms with Gasteiger partial charge in [0.05, 0.1) is 5.41 Å². The first-order valence-corrected chi connectivity index (χ1v) is 8.16. The van der Waals surface area contributed by atoms with Crippen LogP contribution < -0.4 is 10.6 Å². The van der Waals surface area contributed by atoms with Crippen LogP contribution in [0.5, 0.6) is 0 Å². The molecule has 0 aliphatic heterocycles. The summed E-state index contributed by atoms with van der Waals surface area (Å²) in [6.45, 7) is 4.49. The predicted molar refractivity (Wildman–Crippen MR) is 96.3 cm³/mol. The number of benzene rings is 2. The Kier molecular flexibility index (Phi) is 5.99. The maximum Gasteiger partial charge on any atom is 0.251 e. The van der Waals surface area contributed by atoms with Gasteiger partial charge >= 0.3 is 0 Å². The molecule has 5 heteroatoms. The Morgan fingerprint density at radius 2 is 1.50 bits per heavy atom. The summed E-state index contributed by atoms with van der Waals surface area (Å²) in [5, 5.41) is 6.22. The number of halogens is 1. The van der Waals surface area contributed by atoms with Crippen LogP contribution in [0.15, 0.2) is 54.6 Å². The van der Waals surface area contributed by atoms with Gasteiger partial charge in [-0.25, -0.2) is 0 Å². The minimum absolute atomic E-state index is 0.0746. The van der Waals surface area contributed by atoms with E-state index in [1.165, 1.54) is 0 Å². The van der Waals surface area contributed by atoms with Crippen molar-refractivity contribution in [1.29, 1.82) is 0 Å². The Morgan fingerprint density at radius 3 is 2.12 bits per heavy atom. The van der Waals surface area contributed by atoms with E-state index in [1.54, 1.807) is 24.3 Å². The van der Waals surface area contributed by atoms with Crippen LogP contribution in [0, 0.1) is 0 Å². The lowest BCUT2D eigenvalue weighted by Gasteiger charge is -2.24. The average Bonchev–Trinajstić information content (AvgIpc) is 2.59. The Bertz CT molecular complexity index is 697.